The minimum Gasteiger partial charge on any atom is -0.322 e. The first-order chi connectivity index (χ1) is 14.0. The minimum atomic E-state index is -3.59. The molecule has 1 saturated carbocycles. The lowest BCUT2D eigenvalue weighted by Gasteiger charge is -2.10. The third-order valence-corrected chi connectivity index (χ3v) is 6.88. The number of carbonyl (C=O) groups excluding carboxylic acids is 1. The summed E-state index contributed by atoms with van der Waals surface area (Å²) in [7, 11) is -3.59. The molecular weight excluding hydrogens is 384 g/mol. The monoisotopic (exact) mass is 404 g/mol. The fourth-order valence-electron chi connectivity index (χ4n) is 3.72. The molecule has 6 heteroatoms. The van der Waals surface area contributed by atoms with E-state index in [0.29, 0.717) is 11.3 Å². The standard InChI is InChI=1S/C23H20N2O3S/c26-23(16-5-3-6-20(14-16)29(27,28)25-18-8-9-18)24-19-10-11-22-17(13-19)12-15-4-1-2-7-21(15)22/h1-7,10-11,13-14,18,25H,8-9,12H2,(H,24,26). The number of amides is 1. The lowest BCUT2D eigenvalue weighted by molar-refractivity contribution is 0.102. The van der Waals surface area contributed by atoms with Gasteiger partial charge in [-0.15, -0.1) is 0 Å². The summed E-state index contributed by atoms with van der Waals surface area (Å²) in [6, 6.07) is 20.4. The Hall–Kier alpha value is -2.96. The highest BCUT2D eigenvalue weighted by atomic mass is 32.2. The number of anilines is 1. The predicted molar refractivity (Wildman–Crippen MR) is 112 cm³/mol. The quantitative estimate of drug-likeness (QED) is 0.529. The average Bonchev–Trinajstić information content (AvgIpc) is 3.44. The number of fused-ring (bicyclic) bond motifs is 3. The molecule has 29 heavy (non-hydrogen) atoms. The first kappa shape index (κ1) is 18.1. The molecule has 0 radical (unpaired) electrons. The van der Waals surface area contributed by atoms with Gasteiger partial charge in [0.25, 0.3) is 5.91 Å². The molecule has 0 aromatic heterocycles. The molecule has 0 unspecified atom stereocenters. The van der Waals surface area contributed by atoms with E-state index in [0.717, 1.165) is 19.3 Å². The Morgan fingerprint density at radius 1 is 0.862 bits per heavy atom. The van der Waals surface area contributed by atoms with Crippen LogP contribution in [0.25, 0.3) is 11.1 Å². The lowest BCUT2D eigenvalue weighted by Crippen LogP contribution is -2.26. The van der Waals surface area contributed by atoms with E-state index in [9.17, 15) is 13.2 Å². The van der Waals surface area contributed by atoms with E-state index in [1.807, 2.05) is 30.3 Å². The van der Waals surface area contributed by atoms with E-state index >= 15 is 0 Å². The highest BCUT2D eigenvalue weighted by Crippen LogP contribution is 2.37. The molecule has 0 aliphatic heterocycles. The fourth-order valence-corrected chi connectivity index (χ4v) is 5.07. The van der Waals surface area contributed by atoms with Crippen molar-refractivity contribution < 1.29 is 13.2 Å². The molecule has 2 N–H and O–H groups in total. The van der Waals surface area contributed by atoms with Gasteiger partial charge in [0.05, 0.1) is 4.90 Å². The lowest BCUT2D eigenvalue weighted by atomic mass is 10.1. The number of hydrogen-bond acceptors (Lipinski definition) is 3. The maximum atomic E-state index is 12.7. The SMILES string of the molecule is O=C(Nc1ccc2c(c1)Cc1ccccc1-2)c1cccc(S(=O)(=O)NC2CC2)c1. The summed E-state index contributed by atoms with van der Waals surface area (Å²) in [4.78, 5) is 12.8. The van der Waals surface area contributed by atoms with E-state index in [-0.39, 0.29) is 16.8 Å². The molecule has 1 amide bonds. The van der Waals surface area contributed by atoms with Gasteiger partial charge in [0.15, 0.2) is 0 Å². The summed E-state index contributed by atoms with van der Waals surface area (Å²) >= 11 is 0. The largest absolute Gasteiger partial charge is 0.322 e. The Labute approximate surface area is 169 Å². The Bertz CT molecular complexity index is 1230. The first-order valence-corrected chi connectivity index (χ1v) is 11.1. The molecule has 5 rings (SSSR count). The molecule has 3 aromatic carbocycles. The van der Waals surface area contributed by atoms with Gasteiger partial charge in [-0.25, -0.2) is 13.1 Å². The Kier molecular flexibility index (Phi) is 4.26. The molecule has 2 aliphatic carbocycles. The molecule has 3 aromatic rings. The van der Waals surface area contributed by atoms with E-state index < -0.39 is 10.0 Å². The molecule has 5 nitrogen and oxygen atoms in total. The van der Waals surface area contributed by atoms with Crippen LogP contribution >= 0.6 is 0 Å². The van der Waals surface area contributed by atoms with Crippen molar-refractivity contribution in [2.75, 3.05) is 5.32 Å². The summed E-state index contributed by atoms with van der Waals surface area (Å²) in [5.41, 5.74) is 5.90. The number of nitrogens with one attached hydrogen (secondary N) is 2. The van der Waals surface area contributed by atoms with Gasteiger partial charge in [-0.05, 0) is 71.8 Å². The highest BCUT2D eigenvalue weighted by molar-refractivity contribution is 7.89. The van der Waals surface area contributed by atoms with Gasteiger partial charge in [0, 0.05) is 17.3 Å². The third kappa shape index (κ3) is 3.57. The molecular formula is C23H20N2O3S. The van der Waals surface area contributed by atoms with Gasteiger partial charge in [-0.3, -0.25) is 4.79 Å². The molecule has 0 spiro atoms. The van der Waals surface area contributed by atoms with E-state index in [2.05, 4.69) is 22.2 Å². The van der Waals surface area contributed by atoms with Crippen LogP contribution in [0.5, 0.6) is 0 Å². The van der Waals surface area contributed by atoms with Crippen LogP contribution in [-0.4, -0.2) is 20.4 Å². The minimum absolute atomic E-state index is 0.0213. The van der Waals surface area contributed by atoms with Crippen LogP contribution in [0.2, 0.25) is 0 Å². The zero-order valence-electron chi connectivity index (χ0n) is 15.7. The molecule has 0 heterocycles. The highest BCUT2D eigenvalue weighted by Gasteiger charge is 2.28. The zero-order chi connectivity index (χ0) is 20.0. The van der Waals surface area contributed by atoms with E-state index in [1.165, 1.54) is 34.4 Å². The average molecular weight is 404 g/mol. The molecule has 0 saturated heterocycles. The van der Waals surface area contributed by atoms with Crippen molar-refractivity contribution in [2.45, 2.75) is 30.2 Å². The van der Waals surface area contributed by atoms with Gasteiger partial charge >= 0.3 is 0 Å². The smallest absolute Gasteiger partial charge is 0.255 e. The van der Waals surface area contributed by atoms with Crippen LogP contribution in [0.1, 0.15) is 34.3 Å². The van der Waals surface area contributed by atoms with Gasteiger partial charge in [0.1, 0.15) is 0 Å². The van der Waals surface area contributed by atoms with Crippen molar-refractivity contribution in [1.29, 1.82) is 0 Å². The Morgan fingerprint density at radius 3 is 2.48 bits per heavy atom. The van der Waals surface area contributed by atoms with Crippen LogP contribution in [0.15, 0.2) is 71.6 Å². The van der Waals surface area contributed by atoms with E-state index in [4.69, 9.17) is 0 Å². The second-order valence-electron chi connectivity index (χ2n) is 7.58. The van der Waals surface area contributed by atoms with Gasteiger partial charge < -0.3 is 5.32 Å². The third-order valence-electron chi connectivity index (χ3n) is 5.36. The normalized spacial score (nSPS) is 14.9. The van der Waals surface area contributed by atoms with E-state index in [1.54, 1.807) is 12.1 Å². The van der Waals surface area contributed by atoms with Crippen LogP contribution in [0.4, 0.5) is 5.69 Å². The molecule has 2 aliphatic rings. The summed E-state index contributed by atoms with van der Waals surface area (Å²) in [6.45, 7) is 0. The summed E-state index contributed by atoms with van der Waals surface area (Å²) in [5, 5.41) is 2.89. The van der Waals surface area contributed by atoms with Gasteiger partial charge in [-0.2, -0.15) is 0 Å². The van der Waals surface area contributed by atoms with Crippen LogP contribution < -0.4 is 10.0 Å². The van der Waals surface area contributed by atoms with Crippen LogP contribution in [-0.2, 0) is 16.4 Å². The number of carbonyl (C=O) groups is 1. The Morgan fingerprint density at radius 2 is 1.66 bits per heavy atom. The maximum absolute atomic E-state index is 12.7. The van der Waals surface area contributed by atoms with Gasteiger partial charge in [0.2, 0.25) is 10.0 Å². The number of benzene rings is 3. The molecule has 0 atom stereocenters. The second kappa shape index (κ2) is 6.83. The maximum Gasteiger partial charge on any atom is 0.255 e. The van der Waals surface area contributed by atoms with Crippen molar-refractivity contribution in [2.24, 2.45) is 0 Å². The predicted octanol–water partition coefficient (Wildman–Crippen LogP) is 3.95. The first-order valence-electron chi connectivity index (χ1n) is 9.64. The molecule has 1 fully saturated rings. The van der Waals surface area contributed by atoms with Crippen LogP contribution in [0.3, 0.4) is 0 Å². The van der Waals surface area contributed by atoms with Crippen molar-refractivity contribution in [1.82, 2.24) is 4.72 Å². The number of rotatable bonds is 5. The summed E-state index contributed by atoms with van der Waals surface area (Å²) < 4.78 is 27.5. The van der Waals surface area contributed by atoms with Crippen molar-refractivity contribution in [3.63, 3.8) is 0 Å². The second-order valence-corrected chi connectivity index (χ2v) is 9.30. The summed E-state index contributed by atoms with van der Waals surface area (Å²) in [6.07, 6.45) is 2.57. The summed E-state index contributed by atoms with van der Waals surface area (Å²) in [5.74, 6) is -0.330. The number of sulfonamides is 1. The fraction of sp³-hybridized carbons (Fsp3) is 0.174. The number of hydrogen-bond donors (Lipinski definition) is 2. The van der Waals surface area contributed by atoms with Gasteiger partial charge in [-0.1, -0.05) is 36.4 Å². The molecule has 146 valence electrons. The van der Waals surface area contributed by atoms with Crippen molar-refractivity contribution >= 4 is 21.6 Å². The van der Waals surface area contributed by atoms with Crippen molar-refractivity contribution in [3.05, 3.63) is 83.4 Å². The van der Waals surface area contributed by atoms with Crippen molar-refractivity contribution in [3.8, 4) is 11.1 Å². The topological polar surface area (TPSA) is 75.3 Å². The zero-order valence-corrected chi connectivity index (χ0v) is 16.5. The van der Waals surface area contributed by atoms with Crippen LogP contribution in [0, 0.1) is 0 Å². The molecule has 0 bridgehead atoms. The Balaban J connectivity index is 1.36.